The molecule has 1 aromatic carbocycles. The Morgan fingerprint density at radius 3 is 2.68 bits per heavy atom. The Morgan fingerprint density at radius 1 is 1.42 bits per heavy atom. The number of carbonyl (C=O) groups is 2. The van der Waals surface area contributed by atoms with Crippen LogP contribution in [-0.2, 0) is 4.79 Å². The zero-order valence-electron chi connectivity index (χ0n) is 9.90. The molecular formula is C13H11ClFNO3. The highest BCUT2D eigenvalue weighted by molar-refractivity contribution is 6.31. The number of carbonyl (C=O) groups excluding carboxylic acids is 1. The molecule has 4 nitrogen and oxygen atoms in total. The smallest absolute Gasteiger partial charge is 0.316 e. The summed E-state index contributed by atoms with van der Waals surface area (Å²) in [4.78, 5) is 25.1. The highest BCUT2D eigenvalue weighted by Gasteiger charge is 2.42. The van der Waals surface area contributed by atoms with E-state index < -0.39 is 23.5 Å². The Bertz CT molecular complexity index is 585. The van der Waals surface area contributed by atoms with Crippen molar-refractivity contribution in [1.82, 2.24) is 0 Å². The first-order valence-electron chi connectivity index (χ1n) is 6.01. The van der Waals surface area contributed by atoms with Gasteiger partial charge in [0.2, 0.25) is 0 Å². The van der Waals surface area contributed by atoms with E-state index >= 15 is 0 Å². The second-order valence-corrected chi connectivity index (χ2v) is 5.33. The molecule has 0 amide bonds. The molecule has 1 unspecified atom stereocenters. The molecule has 1 atom stereocenters. The molecule has 1 aromatic rings. The van der Waals surface area contributed by atoms with Crippen molar-refractivity contribution in [3.05, 3.63) is 28.5 Å². The molecule has 1 fully saturated rings. The number of anilines is 1. The lowest BCUT2D eigenvalue weighted by Crippen LogP contribution is -2.44. The minimum absolute atomic E-state index is 0.0500. The van der Waals surface area contributed by atoms with Crippen LogP contribution in [0.1, 0.15) is 23.2 Å². The van der Waals surface area contributed by atoms with Crippen LogP contribution in [0, 0.1) is 11.7 Å². The number of Topliss-reactive ketones (excluding diaryl/α,β-unsaturated/α-hetero) is 1. The highest BCUT2D eigenvalue weighted by atomic mass is 35.5. The number of ketones is 1. The van der Waals surface area contributed by atoms with Crippen molar-refractivity contribution in [3.8, 4) is 0 Å². The van der Waals surface area contributed by atoms with E-state index in [0.29, 0.717) is 5.69 Å². The largest absolute Gasteiger partial charge is 0.481 e. The fourth-order valence-corrected chi connectivity index (χ4v) is 2.62. The lowest BCUT2D eigenvalue weighted by molar-refractivity contribution is -0.139. The van der Waals surface area contributed by atoms with Gasteiger partial charge in [-0.15, -0.1) is 0 Å². The Morgan fingerprint density at radius 2 is 2.11 bits per heavy atom. The molecule has 0 aromatic heterocycles. The molecule has 0 bridgehead atoms. The quantitative estimate of drug-likeness (QED) is 0.847. The van der Waals surface area contributed by atoms with E-state index in [-0.39, 0.29) is 23.2 Å². The summed E-state index contributed by atoms with van der Waals surface area (Å²) < 4.78 is 13.5. The molecule has 19 heavy (non-hydrogen) atoms. The minimum Gasteiger partial charge on any atom is -0.481 e. The van der Waals surface area contributed by atoms with E-state index in [9.17, 15) is 14.0 Å². The number of fused-ring (bicyclic) bond motifs is 1. The summed E-state index contributed by atoms with van der Waals surface area (Å²) in [7, 11) is 0. The van der Waals surface area contributed by atoms with Gasteiger partial charge in [0, 0.05) is 23.8 Å². The Balaban J connectivity index is 2.12. The van der Waals surface area contributed by atoms with Gasteiger partial charge in [-0.2, -0.15) is 0 Å². The monoisotopic (exact) mass is 283 g/mol. The van der Waals surface area contributed by atoms with E-state index in [1.807, 2.05) is 4.90 Å². The zero-order chi connectivity index (χ0) is 13.7. The number of rotatable bonds is 2. The van der Waals surface area contributed by atoms with Crippen LogP contribution in [0.5, 0.6) is 0 Å². The summed E-state index contributed by atoms with van der Waals surface area (Å²) in [6.45, 7) is 0.133. The summed E-state index contributed by atoms with van der Waals surface area (Å²) in [6, 6.07) is 2.69. The topological polar surface area (TPSA) is 57.6 Å². The first kappa shape index (κ1) is 12.4. The number of carboxylic acid groups (broad SMARTS) is 1. The van der Waals surface area contributed by atoms with E-state index in [1.165, 1.54) is 6.07 Å². The number of hydrogen-bond acceptors (Lipinski definition) is 3. The van der Waals surface area contributed by atoms with Crippen molar-refractivity contribution in [2.75, 3.05) is 11.4 Å². The van der Waals surface area contributed by atoms with Gasteiger partial charge in [-0.1, -0.05) is 11.6 Å². The first-order valence-corrected chi connectivity index (χ1v) is 6.39. The van der Waals surface area contributed by atoms with Crippen molar-refractivity contribution in [2.45, 2.75) is 18.9 Å². The maximum atomic E-state index is 13.5. The van der Waals surface area contributed by atoms with Gasteiger partial charge in [0.15, 0.2) is 5.78 Å². The van der Waals surface area contributed by atoms with E-state index in [0.717, 1.165) is 18.9 Å². The molecule has 1 aliphatic carbocycles. The predicted octanol–water partition coefficient (Wildman–Crippen LogP) is 2.35. The van der Waals surface area contributed by atoms with Crippen LogP contribution in [0.2, 0.25) is 5.02 Å². The Kier molecular flexibility index (Phi) is 2.74. The van der Waals surface area contributed by atoms with Crippen LogP contribution < -0.4 is 4.90 Å². The molecule has 3 rings (SSSR count). The molecule has 1 aliphatic heterocycles. The van der Waals surface area contributed by atoms with Gasteiger partial charge in [-0.3, -0.25) is 9.59 Å². The molecular weight excluding hydrogens is 273 g/mol. The summed E-state index contributed by atoms with van der Waals surface area (Å²) in [5.41, 5.74) is 0.670. The van der Waals surface area contributed by atoms with Crippen LogP contribution in [0.4, 0.5) is 10.1 Å². The third kappa shape index (κ3) is 1.98. The van der Waals surface area contributed by atoms with Gasteiger partial charge in [-0.25, -0.2) is 4.39 Å². The molecule has 0 spiro atoms. The lowest BCUT2D eigenvalue weighted by Gasteiger charge is -2.34. The molecule has 6 heteroatoms. The van der Waals surface area contributed by atoms with Crippen LogP contribution in [0.25, 0.3) is 0 Å². The molecule has 0 radical (unpaired) electrons. The first-order chi connectivity index (χ1) is 8.99. The van der Waals surface area contributed by atoms with E-state index in [4.69, 9.17) is 16.7 Å². The molecule has 1 heterocycles. The molecule has 100 valence electrons. The van der Waals surface area contributed by atoms with Crippen molar-refractivity contribution in [2.24, 2.45) is 5.92 Å². The van der Waals surface area contributed by atoms with Crippen molar-refractivity contribution < 1.29 is 19.1 Å². The average Bonchev–Trinajstić information content (AvgIpc) is 3.16. The van der Waals surface area contributed by atoms with Gasteiger partial charge >= 0.3 is 5.97 Å². The predicted molar refractivity (Wildman–Crippen MR) is 67.2 cm³/mol. The van der Waals surface area contributed by atoms with Crippen molar-refractivity contribution in [3.63, 3.8) is 0 Å². The lowest BCUT2D eigenvalue weighted by atomic mass is 9.90. The highest BCUT2D eigenvalue weighted by Crippen LogP contribution is 2.40. The Hall–Kier alpha value is -1.62. The fraction of sp³-hybridized carbons (Fsp3) is 0.385. The number of hydrogen-bond donors (Lipinski definition) is 1. The summed E-state index contributed by atoms with van der Waals surface area (Å²) in [5, 5.41) is 9.06. The van der Waals surface area contributed by atoms with E-state index in [2.05, 4.69) is 0 Å². The van der Waals surface area contributed by atoms with Gasteiger partial charge < -0.3 is 10.0 Å². The minimum atomic E-state index is -1.17. The second kappa shape index (κ2) is 4.20. The molecule has 1 N–H and O–H groups in total. The maximum absolute atomic E-state index is 13.5. The van der Waals surface area contributed by atoms with Gasteiger partial charge in [0.05, 0.1) is 5.02 Å². The number of aliphatic carboxylic acids is 1. The van der Waals surface area contributed by atoms with Crippen molar-refractivity contribution in [1.29, 1.82) is 0 Å². The number of benzene rings is 1. The maximum Gasteiger partial charge on any atom is 0.316 e. The third-order valence-corrected chi connectivity index (χ3v) is 3.88. The van der Waals surface area contributed by atoms with Gasteiger partial charge in [0.1, 0.15) is 11.7 Å². The SMILES string of the molecule is O=C(O)C1CN(C2CC2)c2cc(Cl)c(F)cc2C1=O. The number of nitrogens with zero attached hydrogens (tertiary/aromatic N) is 1. The van der Waals surface area contributed by atoms with E-state index in [1.54, 1.807) is 0 Å². The normalized spacial score (nSPS) is 22.3. The molecule has 2 aliphatic rings. The second-order valence-electron chi connectivity index (χ2n) is 4.92. The third-order valence-electron chi connectivity index (χ3n) is 3.60. The fourth-order valence-electron chi connectivity index (χ4n) is 2.46. The van der Waals surface area contributed by atoms with Crippen LogP contribution in [0.15, 0.2) is 12.1 Å². The Labute approximate surface area is 113 Å². The van der Waals surface area contributed by atoms with Gasteiger partial charge in [-0.05, 0) is 25.0 Å². The summed E-state index contributed by atoms with van der Waals surface area (Å²) >= 11 is 5.75. The van der Waals surface area contributed by atoms with Crippen LogP contribution in [0.3, 0.4) is 0 Å². The number of halogens is 2. The van der Waals surface area contributed by atoms with Crippen molar-refractivity contribution >= 4 is 29.0 Å². The number of carboxylic acids is 1. The van der Waals surface area contributed by atoms with Crippen LogP contribution in [-0.4, -0.2) is 29.4 Å². The zero-order valence-corrected chi connectivity index (χ0v) is 10.7. The molecule has 1 saturated carbocycles. The van der Waals surface area contributed by atoms with Gasteiger partial charge in [0.25, 0.3) is 0 Å². The molecule has 0 saturated heterocycles. The summed E-state index contributed by atoms with van der Waals surface area (Å²) in [5.74, 6) is -3.55. The van der Waals surface area contributed by atoms with Crippen LogP contribution >= 0.6 is 11.6 Å². The standard InChI is InChI=1S/C13H11ClFNO3/c14-9-4-11-7(3-10(9)15)12(17)8(13(18)19)5-16(11)6-1-2-6/h3-4,6,8H,1-2,5H2,(H,18,19). The average molecular weight is 284 g/mol. The summed E-state index contributed by atoms with van der Waals surface area (Å²) in [6.07, 6.45) is 1.91.